The molecular weight excluding hydrogens is 298 g/mol. The van der Waals surface area contributed by atoms with Crippen LogP contribution in [-0.2, 0) is 0 Å². The summed E-state index contributed by atoms with van der Waals surface area (Å²) in [5, 5.41) is 4.60. The van der Waals surface area contributed by atoms with Crippen molar-refractivity contribution in [2.75, 3.05) is 38.6 Å². The highest BCUT2D eigenvalue weighted by atomic mass is 35.5. The zero-order chi connectivity index (χ0) is 15.1. The summed E-state index contributed by atoms with van der Waals surface area (Å²) < 4.78 is 5.37. The van der Waals surface area contributed by atoms with Gasteiger partial charge in [0.2, 0.25) is 0 Å². The number of ether oxygens (including phenoxy) is 1. The molecule has 0 aliphatic heterocycles. The van der Waals surface area contributed by atoms with Crippen LogP contribution in [0.25, 0.3) is 10.9 Å². The van der Waals surface area contributed by atoms with Gasteiger partial charge in [0.15, 0.2) is 0 Å². The molecule has 0 fully saturated rings. The maximum absolute atomic E-state index is 5.37. The molecular formula is C17H26ClN3O. The lowest BCUT2D eigenvalue weighted by Crippen LogP contribution is -2.29. The normalized spacial score (nSPS) is 10.5. The molecule has 1 heterocycles. The van der Waals surface area contributed by atoms with Gasteiger partial charge >= 0.3 is 0 Å². The van der Waals surface area contributed by atoms with Crippen molar-refractivity contribution < 1.29 is 4.74 Å². The fourth-order valence-corrected chi connectivity index (χ4v) is 2.51. The van der Waals surface area contributed by atoms with Crippen LogP contribution in [0.5, 0.6) is 5.75 Å². The van der Waals surface area contributed by atoms with Gasteiger partial charge in [0.05, 0.1) is 18.3 Å². The number of fused-ring (bicyclic) bond motifs is 1. The Morgan fingerprint density at radius 1 is 1.23 bits per heavy atom. The smallest absolute Gasteiger partial charge is 0.121 e. The molecule has 1 N–H and O–H groups in total. The van der Waals surface area contributed by atoms with Gasteiger partial charge in [-0.15, -0.1) is 12.4 Å². The van der Waals surface area contributed by atoms with E-state index in [4.69, 9.17) is 4.74 Å². The van der Waals surface area contributed by atoms with Crippen molar-refractivity contribution in [2.24, 2.45) is 0 Å². The lowest BCUT2D eigenvalue weighted by Gasteiger charge is -2.20. The average molecular weight is 324 g/mol. The highest BCUT2D eigenvalue weighted by Gasteiger charge is 2.06. The molecule has 0 bridgehead atoms. The summed E-state index contributed by atoms with van der Waals surface area (Å²) in [6.07, 6.45) is 3.02. The fraction of sp³-hybridized carbons (Fsp3) is 0.471. The van der Waals surface area contributed by atoms with Crippen molar-refractivity contribution in [1.29, 1.82) is 0 Å². The summed E-state index contributed by atoms with van der Waals surface area (Å²) in [5.74, 6) is 0.860. The van der Waals surface area contributed by atoms with Crippen LogP contribution in [0, 0.1) is 0 Å². The molecule has 0 spiro atoms. The fourth-order valence-electron chi connectivity index (χ4n) is 2.51. The number of hydrogen-bond donors (Lipinski definition) is 1. The number of likely N-dealkylation sites (N-methyl/N-ethyl adjacent to an activating group) is 1. The predicted octanol–water partition coefficient (Wildman–Crippen LogP) is 3.81. The van der Waals surface area contributed by atoms with Gasteiger partial charge in [-0.25, -0.2) is 0 Å². The van der Waals surface area contributed by atoms with E-state index in [1.165, 1.54) is 6.42 Å². The molecule has 0 atom stereocenters. The maximum Gasteiger partial charge on any atom is 0.121 e. The molecule has 2 aromatic rings. The standard InChI is InChI=1S/C17H25N3O.ClH/c1-4-10-20(5-2)11-9-18-16-13-15(21-3)12-14-7-6-8-19-17(14)16;/h6-8,12-13,18H,4-5,9-11H2,1-3H3;1H. The van der Waals surface area contributed by atoms with Gasteiger partial charge < -0.3 is 15.0 Å². The summed E-state index contributed by atoms with van der Waals surface area (Å²) in [6.45, 7) is 8.61. The van der Waals surface area contributed by atoms with Crippen molar-refractivity contribution in [3.63, 3.8) is 0 Å². The number of pyridine rings is 1. The summed E-state index contributed by atoms with van der Waals surface area (Å²) in [7, 11) is 1.70. The van der Waals surface area contributed by atoms with E-state index in [0.717, 1.165) is 48.5 Å². The third-order valence-corrected chi connectivity index (χ3v) is 3.64. The van der Waals surface area contributed by atoms with Gasteiger partial charge in [-0.3, -0.25) is 4.98 Å². The van der Waals surface area contributed by atoms with E-state index in [0.29, 0.717) is 0 Å². The zero-order valence-electron chi connectivity index (χ0n) is 13.6. The van der Waals surface area contributed by atoms with Crippen molar-refractivity contribution in [3.05, 3.63) is 30.5 Å². The second-order valence-corrected chi connectivity index (χ2v) is 5.11. The highest BCUT2D eigenvalue weighted by molar-refractivity contribution is 5.91. The Morgan fingerprint density at radius 2 is 2.05 bits per heavy atom. The molecule has 1 aromatic carbocycles. The predicted molar refractivity (Wildman–Crippen MR) is 96.4 cm³/mol. The molecule has 4 nitrogen and oxygen atoms in total. The second-order valence-electron chi connectivity index (χ2n) is 5.11. The van der Waals surface area contributed by atoms with Gasteiger partial charge in [0, 0.05) is 30.7 Å². The molecule has 5 heteroatoms. The van der Waals surface area contributed by atoms with Gasteiger partial charge in [-0.2, -0.15) is 0 Å². The van der Waals surface area contributed by atoms with Crippen LogP contribution in [-0.4, -0.2) is 43.2 Å². The summed E-state index contributed by atoms with van der Waals surface area (Å²) in [6, 6.07) is 8.05. The Balaban J connectivity index is 0.00000242. The second kappa shape index (κ2) is 9.49. The molecule has 122 valence electrons. The van der Waals surface area contributed by atoms with Crippen LogP contribution >= 0.6 is 12.4 Å². The third kappa shape index (κ3) is 4.75. The zero-order valence-corrected chi connectivity index (χ0v) is 14.4. The number of hydrogen-bond acceptors (Lipinski definition) is 4. The summed E-state index contributed by atoms with van der Waals surface area (Å²) in [4.78, 5) is 6.93. The number of halogens is 1. The molecule has 22 heavy (non-hydrogen) atoms. The van der Waals surface area contributed by atoms with E-state index in [-0.39, 0.29) is 12.4 Å². The first-order valence-electron chi connectivity index (χ1n) is 7.67. The first kappa shape index (κ1) is 18.5. The monoisotopic (exact) mass is 323 g/mol. The van der Waals surface area contributed by atoms with Crippen molar-refractivity contribution in [1.82, 2.24) is 9.88 Å². The molecule has 0 aliphatic carbocycles. The number of benzene rings is 1. The quantitative estimate of drug-likeness (QED) is 0.801. The van der Waals surface area contributed by atoms with Gasteiger partial charge in [0.25, 0.3) is 0 Å². The molecule has 2 rings (SSSR count). The Hall–Kier alpha value is -1.52. The Bertz CT molecular complexity index is 577. The van der Waals surface area contributed by atoms with E-state index < -0.39 is 0 Å². The minimum atomic E-state index is 0. The minimum Gasteiger partial charge on any atom is -0.497 e. The highest BCUT2D eigenvalue weighted by Crippen LogP contribution is 2.27. The van der Waals surface area contributed by atoms with Crippen LogP contribution in [0.2, 0.25) is 0 Å². The van der Waals surface area contributed by atoms with Crippen molar-refractivity contribution >= 4 is 29.0 Å². The molecule has 0 unspecified atom stereocenters. The molecule has 0 radical (unpaired) electrons. The molecule has 0 saturated heterocycles. The SMILES string of the molecule is CCCN(CC)CCNc1cc(OC)cc2cccnc12.Cl. The summed E-state index contributed by atoms with van der Waals surface area (Å²) in [5.41, 5.74) is 2.04. The first-order valence-corrected chi connectivity index (χ1v) is 7.67. The van der Waals surface area contributed by atoms with E-state index in [1.807, 2.05) is 24.4 Å². The maximum atomic E-state index is 5.37. The van der Waals surface area contributed by atoms with Crippen LogP contribution in [0.15, 0.2) is 30.5 Å². The number of nitrogens with zero attached hydrogens (tertiary/aromatic N) is 2. The summed E-state index contributed by atoms with van der Waals surface area (Å²) >= 11 is 0. The van der Waals surface area contributed by atoms with Crippen LogP contribution in [0.1, 0.15) is 20.3 Å². The Labute approximate surface area is 139 Å². The lowest BCUT2D eigenvalue weighted by atomic mass is 10.1. The van der Waals surface area contributed by atoms with E-state index in [1.54, 1.807) is 7.11 Å². The Morgan fingerprint density at radius 3 is 2.73 bits per heavy atom. The van der Waals surface area contributed by atoms with Crippen LogP contribution in [0.4, 0.5) is 5.69 Å². The molecule has 1 aromatic heterocycles. The third-order valence-electron chi connectivity index (χ3n) is 3.64. The van der Waals surface area contributed by atoms with Crippen molar-refractivity contribution in [2.45, 2.75) is 20.3 Å². The average Bonchev–Trinajstić information content (AvgIpc) is 2.53. The van der Waals surface area contributed by atoms with Gasteiger partial charge in [-0.05, 0) is 31.6 Å². The van der Waals surface area contributed by atoms with E-state index in [2.05, 4.69) is 35.1 Å². The van der Waals surface area contributed by atoms with Gasteiger partial charge in [0.1, 0.15) is 5.75 Å². The minimum absolute atomic E-state index is 0. The molecule has 0 saturated carbocycles. The number of aromatic nitrogens is 1. The first-order chi connectivity index (χ1) is 10.3. The number of anilines is 1. The van der Waals surface area contributed by atoms with Crippen LogP contribution in [0.3, 0.4) is 0 Å². The number of methoxy groups -OCH3 is 1. The number of nitrogens with one attached hydrogen (secondary N) is 1. The Kier molecular flexibility index (Phi) is 7.99. The van der Waals surface area contributed by atoms with E-state index in [9.17, 15) is 0 Å². The van der Waals surface area contributed by atoms with E-state index >= 15 is 0 Å². The molecule has 0 aliphatic rings. The largest absolute Gasteiger partial charge is 0.497 e. The van der Waals surface area contributed by atoms with Crippen molar-refractivity contribution in [3.8, 4) is 5.75 Å². The van der Waals surface area contributed by atoms with Gasteiger partial charge in [-0.1, -0.05) is 19.9 Å². The number of rotatable bonds is 8. The lowest BCUT2D eigenvalue weighted by molar-refractivity contribution is 0.300. The van der Waals surface area contributed by atoms with Crippen LogP contribution < -0.4 is 10.1 Å². The molecule has 0 amide bonds. The topological polar surface area (TPSA) is 37.4 Å².